The largest absolute Gasteiger partial charge is 0.361 e. The number of aromatic amines is 1. The Hall–Kier alpha value is -1.54. The lowest BCUT2D eigenvalue weighted by Gasteiger charge is -2.19. The van der Waals surface area contributed by atoms with Gasteiger partial charge in [0.05, 0.1) is 0 Å². The van der Waals surface area contributed by atoms with Crippen molar-refractivity contribution in [3.8, 4) is 0 Å². The minimum absolute atomic E-state index is 0.589. The van der Waals surface area contributed by atoms with Gasteiger partial charge in [0.25, 0.3) is 0 Å². The van der Waals surface area contributed by atoms with Crippen LogP contribution in [-0.2, 0) is 6.42 Å². The van der Waals surface area contributed by atoms with Crippen LogP contribution >= 0.6 is 0 Å². The lowest BCUT2D eigenvalue weighted by Crippen LogP contribution is -2.27. The topological polar surface area (TPSA) is 19.0 Å². The number of H-pyrrole nitrogens is 1. The van der Waals surface area contributed by atoms with Gasteiger partial charge in [0, 0.05) is 29.7 Å². The van der Waals surface area contributed by atoms with Crippen molar-refractivity contribution in [2.24, 2.45) is 5.92 Å². The molecule has 4 rings (SSSR count). The fourth-order valence-electron chi connectivity index (χ4n) is 3.71. The first-order chi connectivity index (χ1) is 8.74. The number of likely N-dealkylation sites (N-methyl/N-ethyl adjacent to an activating group) is 1. The number of nitrogens with zero attached hydrogens (tertiary/aromatic N) is 1. The highest BCUT2D eigenvalue weighted by Gasteiger charge is 2.34. The first kappa shape index (κ1) is 10.4. The van der Waals surface area contributed by atoms with Gasteiger partial charge in [-0.1, -0.05) is 25.1 Å². The van der Waals surface area contributed by atoms with Crippen LogP contribution in [0.1, 0.15) is 18.1 Å². The highest BCUT2D eigenvalue weighted by atomic mass is 15.2. The van der Waals surface area contributed by atoms with E-state index in [-0.39, 0.29) is 0 Å². The van der Waals surface area contributed by atoms with E-state index in [9.17, 15) is 0 Å². The zero-order valence-electron chi connectivity index (χ0n) is 10.9. The highest BCUT2D eigenvalue weighted by molar-refractivity contribution is 5.93. The highest BCUT2D eigenvalue weighted by Crippen LogP contribution is 2.37. The maximum atomic E-state index is 3.41. The molecule has 2 atom stereocenters. The van der Waals surface area contributed by atoms with Crippen molar-refractivity contribution in [3.05, 3.63) is 41.1 Å². The average molecular weight is 238 g/mol. The summed E-state index contributed by atoms with van der Waals surface area (Å²) in [5.41, 5.74) is 5.75. The summed E-state index contributed by atoms with van der Waals surface area (Å²) in [6.45, 7) is 3.54. The number of likely N-dealkylation sites (tertiary alicyclic amines) is 1. The van der Waals surface area contributed by atoms with Crippen molar-refractivity contribution < 1.29 is 0 Å². The summed E-state index contributed by atoms with van der Waals surface area (Å²) in [7, 11) is 2.25. The summed E-state index contributed by atoms with van der Waals surface area (Å²) < 4.78 is 0. The minimum atomic E-state index is 0.589. The number of hydrogen-bond donors (Lipinski definition) is 1. The molecule has 2 heteroatoms. The number of hydrogen-bond acceptors (Lipinski definition) is 1. The van der Waals surface area contributed by atoms with E-state index in [1.807, 2.05) is 0 Å². The Morgan fingerprint density at radius 2 is 2.22 bits per heavy atom. The molecule has 2 aromatic rings. The Bertz CT molecular complexity index is 650. The number of fused-ring (bicyclic) bond motifs is 1. The molecular formula is C16H18N2. The normalized spacial score (nSPS) is 27.1. The number of nitrogens with one attached hydrogen (secondary N) is 1. The van der Waals surface area contributed by atoms with Gasteiger partial charge in [-0.2, -0.15) is 0 Å². The zero-order chi connectivity index (χ0) is 12.3. The monoisotopic (exact) mass is 238 g/mol. The number of benzene rings is 1. The molecule has 1 aromatic carbocycles. The van der Waals surface area contributed by atoms with Crippen molar-refractivity contribution in [2.75, 3.05) is 13.6 Å². The van der Waals surface area contributed by atoms with Crippen LogP contribution in [0.5, 0.6) is 0 Å². The van der Waals surface area contributed by atoms with E-state index in [0.717, 1.165) is 6.42 Å². The van der Waals surface area contributed by atoms with E-state index >= 15 is 0 Å². The fraction of sp³-hybridized carbons (Fsp3) is 0.375. The first-order valence-electron chi connectivity index (χ1n) is 6.75. The Balaban J connectivity index is 2.00. The summed E-state index contributed by atoms with van der Waals surface area (Å²) in [5.74, 6) is 0.684. The van der Waals surface area contributed by atoms with E-state index in [2.05, 4.69) is 54.3 Å². The number of aromatic nitrogens is 1. The third kappa shape index (κ3) is 1.27. The Labute approximate surface area is 107 Å². The first-order valence-corrected chi connectivity index (χ1v) is 6.75. The second-order valence-electron chi connectivity index (χ2n) is 5.79. The summed E-state index contributed by atoms with van der Waals surface area (Å²) in [4.78, 5) is 5.91. The van der Waals surface area contributed by atoms with Gasteiger partial charge in [-0.15, -0.1) is 0 Å². The molecule has 18 heavy (non-hydrogen) atoms. The molecule has 0 radical (unpaired) electrons. The third-order valence-electron chi connectivity index (χ3n) is 4.60. The number of rotatable bonds is 0. The van der Waals surface area contributed by atoms with Gasteiger partial charge in [-0.25, -0.2) is 0 Å². The van der Waals surface area contributed by atoms with Crippen molar-refractivity contribution in [1.82, 2.24) is 9.88 Å². The molecule has 2 nitrogen and oxygen atoms in total. The van der Waals surface area contributed by atoms with Crippen LogP contribution < -0.4 is 0 Å². The van der Waals surface area contributed by atoms with E-state index in [4.69, 9.17) is 0 Å². The molecule has 1 saturated heterocycles. The van der Waals surface area contributed by atoms with Crippen LogP contribution in [0.25, 0.3) is 17.0 Å². The van der Waals surface area contributed by atoms with Crippen LogP contribution in [0.3, 0.4) is 0 Å². The van der Waals surface area contributed by atoms with Crippen LogP contribution in [0.2, 0.25) is 0 Å². The molecule has 2 unspecified atom stereocenters. The van der Waals surface area contributed by atoms with E-state index in [1.165, 1.54) is 28.6 Å². The standard InChI is InChI=1S/C16H18N2/c1-10-9-18(2)15-7-12-8-17-14-5-3-4-11(16(12)14)6-13(10)15/h3-6,8,10,15,17H,7,9H2,1-2H3. The molecule has 1 aliphatic carbocycles. The van der Waals surface area contributed by atoms with Crippen molar-refractivity contribution >= 4 is 17.0 Å². The summed E-state index contributed by atoms with van der Waals surface area (Å²) in [5, 5.41) is 1.43. The summed E-state index contributed by atoms with van der Waals surface area (Å²) in [6, 6.07) is 7.17. The zero-order valence-corrected chi connectivity index (χ0v) is 10.9. The molecule has 0 saturated carbocycles. The molecular weight excluding hydrogens is 220 g/mol. The van der Waals surface area contributed by atoms with Crippen molar-refractivity contribution in [3.63, 3.8) is 0 Å². The van der Waals surface area contributed by atoms with Gasteiger partial charge in [0.2, 0.25) is 0 Å². The molecule has 2 heterocycles. The predicted octanol–water partition coefficient (Wildman–Crippen LogP) is 3.06. The Morgan fingerprint density at radius 3 is 3.11 bits per heavy atom. The van der Waals surface area contributed by atoms with Crippen LogP contribution in [0.15, 0.2) is 30.0 Å². The smallest absolute Gasteiger partial charge is 0.0462 e. The van der Waals surface area contributed by atoms with E-state index in [1.54, 1.807) is 5.57 Å². The lowest BCUT2D eigenvalue weighted by atomic mass is 9.96. The quantitative estimate of drug-likeness (QED) is 0.747. The summed E-state index contributed by atoms with van der Waals surface area (Å²) >= 11 is 0. The fourth-order valence-corrected chi connectivity index (χ4v) is 3.71. The van der Waals surface area contributed by atoms with E-state index in [0.29, 0.717) is 12.0 Å². The maximum Gasteiger partial charge on any atom is 0.0462 e. The van der Waals surface area contributed by atoms with Crippen molar-refractivity contribution in [1.29, 1.82) is 0 Å². The van der Waals surface area contributed by atoms with Gasteiger partial charge in [-0.3, -0.25) is 4.90 Å². The molecule has 0 bridgehead atoms. The van der Waals surface area contributed by atoms with Crippen LogP contribution in [0.4, 0.5) is 0 Å². The molecule has 92 valence electrons. The van der Waals surface area contributed by atoms with Gasteiger partial charge >= 0.3 is 0 Å². The van der Waals surface area contributed by atoms with Gasteiger partial charge in [0.15, 0.2) is 0 Å². The lowest BCUT2D eigenvalue weighted by molar-refractivity contribution is 0.320. The molecule has 0 spiro atoms. The van der Waals surface area contributed by atoms with Gasteiger partial charge < -0.3 is 4.98 Å². The molecule has 0 amide bonds. The second kappa shape index (κ2) is 3.48. The van der Waals surface area contributed by atoms with E-state index < -0.39 is 0 Å². The second-order valence-corrected chi connectivity index (χ2v) is 5.79. The SMILES string of the molecule is CC1CN(C)C2Cc3c[nH]c4cccc(c34)C=C12. The third-order valence-corrected chi connectivity index (χ3v) is 4.60. The molecule has 1 fully saturated rings. The van der Waals surface area contributed by atoms with Gasteiger partial charge in [0.1, 0.15) is 0 Å². The Kier molecular flexibility index (Phi) is 2.01. The Morgan fingerprint density at radius 1 is 1.33 bits per heavy atom. The van der Waals surface area contributed by atoms with Crippen LogP contribution in [-0.4, -0.2) is 29.5 Å². The summed E-state index contributed by atoms with van der Waals surface area (Å²) in [6.07, 6.45) is 5.77. The molecule has 2 aliphatic rings. The molecule has 1 aliphatic heterocycles. The minimum Gasteiger partial charge on any atom is -0.361 e. The average Bonchev–Trinajstić information content (AvgIpc) is 2.80. The molecule has 1 N–H and O–H groups in total. The predicted molar refractivity (Wildman–Crippen MR) is 75.6 cm³/mol. The van der Waals surface area contributed by atoms with Gasteiger partial charge in [-0.05, 0) is 42.2 Å². The van der Waals surface area contributed by atoms with Crippen LogP contribution in [0, 0.1) is 5.92 Å². The molecule has 1 aromatic heterocycles. The maximum absolute atomic E-state index is 3.41. The van der Waals surface area contributed by atoms with Crippen molar-refractivity contribution in [2.45, 2.75) is 19.4 Å².